The molecule has 0 bridgehead atoms. The molecule has 0 saturated heterocycles. The van der Waals surface area contributed by atoms with Gasteiger partial charge in [0.1, 0.15) is 17.0 Å². The average Bonchev–Trinajstić information content (AvgIpc) is 3.08. The number of pyridine rings is 1. The van der Waals surface area contributed by atoms with Crippen molar-refractivity contribution in [1.29, 1.82) is 0 Å². The van der Waals surface area contributed by atoms with E-state index >= 15 is 0 Å². The van der Waals surface area contributed by atoms with E-state index in [0.717, 1.165) is 27.5 Å². The van der Waals surface area contributed by atoms with E-state index in [1.165, 1.54) is 6.08 Å². The molecule has 0 radical (unpaired) electrons. The van der Waals surface area contributed by atoms with Crippen LogP contribution in [0.1, 0.15) is 18.2 Å². The molecule has 0 aromatic carbocycles. The predicted molar refractivity (Wildman–Crippen MR) is 129 cm³/mol. The molecule has 0 spiro atoms. The number of nitrogen functional groups attached to an aromatic ring is 1. The van der Waals surface area contributed by atoms with Crippen molar-refractivity contribution < 1.29 is 9.21 Å². The average molecular weight is 414 g/mol. The maximum Gasteiger partial charge on any atom is 0.244 e. The molecular formula is C26H27N3O2. The van der Waals surface area contributed by atoms with Crippen LogP contribution in [0.5, 0.6) is 0 Å². The number of nitrogens with zero attached hydrogens (tertiary/aromatic N) is 1. The maximum absolute atomic E-state index is 12.0. The molecule has 2 aromatic rings. The maximum atomic E-state index is 12.0. The minimum atomic E-state index is -0.259. The summed E-state index contributed by atoms with van der Waals surface area (Å²) in [6.45, 7) is 21.8. The Morgan fingerprint density at radius 1 is 1.13 bits per heavy atom. The molecule has 31 heavy (non-hydrogen) atoms. The van der Waals surface area contributed by atoms with E-state index in [0.29, 0.717) is 22.6 Å². The van der Waals surface area contributed by atoms with Gasteiger partial charge >= 0.3 is 0 Å². The van der Waals surface area contributed by atoms with Gasteiger partial charge in [-0.2, -0.15) is 0 Å². The number of nitrogens with one attached hydrogen (secondary N) is 1. The number of amides is 1. The number of hydrogen-bond donors (Lipinski definition) is 2. The second-order valence-corrected chi connectivity index (χ2v) is 6.99. The lowest BCUT2D eigenvalue weighted by molar-refractivity contribution is -0.116. The SMILES string of the molecule is C=C(C)C(=C)/C=C\C(=C)C(=C)/C=c1/cc(CNC(=O)/C=C/c2ccc(N)nc2)oc1=C. The molecule has 0 aliphatic rings. The molecule has 2 heterocycles. The summed E-state index contributed by atoms with van der Waals surface area (Å²) in [7, 11) is 0. The zero-order chi connectivity index (χ0) is 23.0. The van der Waals surface area contributed by atoms with Gasteiger partial charge in [0.2, 0.25) is 5.91 Å². The van der Waals surface area contributed by atoms with Gasteiger partial charge in [0.05, 0.1) is 6.54 Å². The third-order valence-corrected chi connectivity index (χ3v) is 4.34. The summed E-state index contributed by atoms with van der Waals surface area (Å²) >= 11 is 0. The monoisotopic (exact) mass is 413 g/mol. The Bertz CT molecular complexity index is 1190. The van der Waals surface area contributed by atoms with Crippen LogP contribution in [0.25, 0.3) is 18.7 Å². The van der Waals surface area contributed by atoms with E-state index in [1.807, 2.05) is 31.2 Å². The number of hydrogen-bond acceptors (Lipinski definition) is 4. The lowest BCUT2D eigenvalue weighted by Gasteiger charge is -2.00. The van der Waals surface area contributed by atoms with Gasteiger partial charge in [-0.25, -0.2) is 4.98 Å². The van der Waals surface area contributed by atoms with Gasteiger partial charge in [-0.3, -0.25) is 4.79 Å². The van der Waals surface area contributed by atoms with E-state index < -0.39 is 0 Å². The Kier molecular flexibility index (Phi) is 7.92. The summed E-state index contributed by atoms with van der Waals surface area (Å²) in [6, 6.07) is 5.26. The minimum Gasteiger partial charge on any atom is -0.460 e. The lowest BCUT2D eigenvalue weighted by Crippen LogP contribution is -2.19. The fourth-order valence-electron chi connectivity index (χ4n) is 2.36. The van der Waals surface area contributed by atoms with Crippen LogP contribution in [0, 0.1) is 0 Å². The highest BCUT2D eigenvalue weighted by Crippen LogP contribution is 2.12. The fraction of sp³-hybridized carbons (Fsp3) is 0.0769. The van der Waals surface area contributed by atoms with Crippen LogP contribution in [0.4, 0.5) is 5.82 Å². The number of nitrogens with two attached hydrogens (primary N) is 1. The normalized spacial score (nSPS) is 11.7. The van der Waals surface area contributed by atoms with Gasteiger partial charge in [-0.1, -0.05) is 50.6 Å². The molecule has 158 valence electrons. The first-order chi connectivity index (χ1) is 14.7. The van der Waals surface area contributed by atoms with Crippen LogP contribution < -0.4 is 21.7 Å². The van der Waals surface area contributed by atoms with Crippen molar-refractivity contribution in [3.63, 3.8) is 0 Å². The highest BCUT2D eigenvalue weighted by Gasteiger charge is 2.03. The van der Waals surface area contributed by atoms with Gasteiger partial charge in [-0.15, -0.1) is 0 Å². The van der Waals surface area contributed by atoms with E-state index in [-0.39, 0.29) is 12.5 Å². The molecular weight excluding hydrogens is 386 g/mol. The molecule has 0 aliphatic heterocycles. The third-order valence-electron chi connectivity index (χ3n) is 4.34. The van der Waals surface area contributed by atoms with Crippen LogP contribution in [0.3, 0.4) is 0 Å². The fourth-order valence-corrected chi connectivity index (χ4v) is 2.36. The molecule has 5 nitrogen and oxygen atoms in total. The Morgan fingerprint density at radius 2 is 1.84 bits per heavy atom. The van der Waals surface area contributed by atoms with Crippen LogP contribution in [-0.4, -0.2) is 10.9 Å². The first-order valence-electron chi connectivity index (χ1n) is 9.53. The third kappa shape index (κ3) is 7.33. The van der Waals surface area contributed by atoms with Crippen molar-refractivity contribution in [2.24, 2.45) is 0 Å². The summed E-state index contributed by atoms with van der Waals surface area (Å²) in [4.78, 5) is 16.0. The molecule has 0 fully saturated rings. The molecule has 5 heteroatoms. The largest absolute Gasteiger partial charge is 0.460 e. The summed E-state index contributed by atoms with van der Waals surface area (Å²) in [5, 5.41) is 3.53. The number of furan rings is 1. The molecule has 0 aliphatic carbocycles. The van der Waals surface area contributed by atoms with Crippen molar-refractivity contribution in [2.75, 3.05) is 5.73 Å². The Labute approximate surface area is 182 Å². The lowest BCUT2D eigenvalue weighted by atomic mass is 10.1. The van der Waals surface area contributed by atoms with E-state index in [1.54, 1.807) is 24.4 Å². The molecule has 0 unspecified atom stereocenters. The van der Waals surface area contributed by atoms with Gasteiger partial charge in [-0.05, 0) is 59.6 Å². The molecule has 2 rings (SSSR count). The highest BCUT2D eigenvalue weighted by molar-refractivity contribution is 5.91. The number of carbonyl (C=O) groups is 1. The Hall–Kier alpha value is -4.12. The van der Waals surface area contributed by atoms with E-state index in [4.69, 9.17) is 10.2 Å². The summed E-state index contributed by atoms with van der Waals surface area (Å²) in [6.07, 6.45) is 10.2. The topological polar surface area (TPSA) is 81.2 Å². The second-order valence-electron chi connectivity index (χ2n) is 6.99. The summed E-state index contributed by atoms with van der Waals surface area (Å²) in [5.41, 5.74) is 9.97. The number of aromatic nitrogens is 1. The molecule has 2 aromatic heterocycles. The van der Waals surface area contributed by atoms with Crippen LogP contribution >= 0.6 is 0 Å². The van der Waals surface area contributed by atoms with Crippen molar-refractivity contribution in [1.82, 2.24) is 10.3 Å². The smallest absolute Gasteiger partial charge is 0.244 e. The standard InChI is InChI=1S/C26H27N3O2/c1-17(2)18(3)7-8-19(4)20(5)13-23-14-24(31-21(23)6)16-29-26(30)12-10-22-9-11-25(27)28-15-22/h7-15H,1,3-6,16H2,2H3,(H2,27,28)(H,29,30)/b8-7-,12-10+,23-13-. The number of rotatable bonds is 9. The van der Waals surface area contributed by atoms with Gasteiger partial charge in [0, 0.05) is 17.5 Å². The molecule has 0 atom stereocenters. The van der Waals surface area contributed by atoms with Gasteiger partial charge < -0.3 is 15.5 Å². The van der Waals surface area contributed by atoms with Crippen molar-refractivity contribution >= 4 is 30.5 Å². The zero-order valence-electron chi connectivity index (χ0n) is 17.8. The second kappa shape index (κ2) is 10.6. The Balaban J connectivity index is 1.99. The first-order valence-corrected chi connectivity index (χ1v) is 9.53. The zero-order valence-corrected chi connectivity index (χ0v) is 17.8. The molecule has 3 N–H and O–H groups in total. The summed E-state index contributed by atoms with van der Waals surface area (Å²) < 4.78 is 5.63. The number of carbonyl (C=O) groups excluding carboxylic acids is 1. The number of allylic oxidation sites excluding steroid dienone is 6. The van der Waals surface area contributed by atoms with Crippen molar-refractivity contribution in [3.05, 3.63) is 113 Å². The van der Waals surface area contributed by atoms with Crippen molar-refractivity contribution in [2.45, 2.75) is 13.5 Å². The summed E-state index contributed by atoms with van der Waals surface area (Å²) in [5.74, 6) is 0.748. The minimum absolute atomic E-state index is 0.227. The van der Waals surface area contributed by atoms with Crippen LogP contribution in [-0.2, 0) is 11.3 Å². The van der Waals surface area contributed by atoms with Crippen LogP contribution in [0.15, 0.2) is 95.6 Å². The quantitative estimate of drug-likeness (QED) is 0.486. The van der Waals surface area contributed by atoms with Crippen LogP contribution in [0.2, 0.25) is 0 Å². The first kappa shape index (κ1) is 23.2. The van der Waals surface area contributed by atoms with E-state index in [9.17, 15) is 4.79 Å². The molecule has 1 amide bonds. The van der Waals surface area contributed by atoms with Gasteiger partial charge in [0.25, 0.3) is 0 Å². The highest BCUT2D eigenvalue weighted by atomic mass is 16.3. The van der Waals surface area contributed by atoms with E-state index in [2.05, 4.69) is 43.2 Å². The Morgan fingerprint density at radius 3 is 2.48 bits per heavy atom. The molecule has 0 saturated carbocycles. The van der Waals surface area contributed by atoms with Gasteiger partial charge in [0.15, 0.2) is 0 Å². The predicted octanol–water partition coefficient (Wildman–Crippen LogP) is 3.58. The number of anilines is 1. The van der Waals surface area contributed by atoms with Crippen molar-refractivity contribution in [3.8, 4) is 0 Å².